The van der Waals surface area contributed by atoms with E-state index in [2.05, 4.69) is 16.0 Å². The molecule has 2 amide bonds. The van der Waals surface area contributed by atoms with Gasteiger partial charge < -0.3 is 20.7 Å². The lowest BCUT2D eigenvalue weighted by Gasteiger charge is -2.25. The number of amides is 2. The minimum atomic E-state index is -0.187. The molecule has 86 valence electrons. The first-order valence-electron chi connectivity index (χ1n) is 4.98. The molecule has 15 heavy (non-hydrogen) atoms. The lowest BCUT2D eigenvalue weighted by Crippen LogP contribution is -2.52. The summed E-state index contributed by atoms with van der Waals surface area (Å²) in [7, 11) is 1.57. The van der Waals surface area contributed by atoms with E-state index in [-0.39, 0.29) is 24.3 Å². The van der Waals surface area contributed by atoms with Crippen LogP contribution < -0.4 is 16.0 Å². The molecule has 3 N–H and O–H groups in total. The predicted molar refractivity (Wildman–Crippen MR) is 54.3 cm³/mol. The molecule has 0 unspecified atom stereocenters. The number of hydrogen-bond donors (Lipinski definition) is 3. The van der Waals surface area contributed by atoms with Gasteiger partial charge in [-0.05, 0) is 0 Å². The van der Waals surface area contributed by atoms with Crippen LogP contribution in [0.3, 0.4) is 0 Å². The minimum absolute atomic E-state index is 0.0248. The average molecular weight is 215 g/mol. The molecule has 1 fully saturated rings. The third-order valence-electron chi connectivity index (χ3n) is 2.20. The molecule has 1 aliphatic rings. The largest absolute Gasteiger partial charge is 0.383 e. The van der Waals surface area contributed by atoms with Crippen molar-refractivity contribution in [1.29, 1.82) is 0 Å². The predicted octanol–water partition coefficient (Wildman–Crippen LogP) is -1.92. The Balaban J connectivity index is 2.02. The first-order valence-corrected chi connectivity index (χ1v) is 4.98. The molecule has 0 radical (unpaired) electrons. The molecule has 0 spiro atoms. The first kappa shape index (κ1) is 11.9. The average Bonchev–Trinajstić information content (AvgIpc) is 2.12. The van der Waals surface area contributed by atoms with Gasteiger partial charge in [0.25, 0.3) is 0 Å². The monoisotopic (exact) mass is 215 g/mol. The smallest absolute Gasteiger partial charge is 0.239 e. The summed E-state index contributed by atoms with van der Waals surface area (Å²) in [5, 5.41) is 8.19. The van der Waals surface area contributed by atoms with Crippen molar-refractivity contribution in [3.63, 3.8) is 0 Å². The Labute approximate surface area is 88.7 Å². The highest BCUT2D eigenvalue weighted by atomic mass is 16.5. The summed E-state index contributed by atoms with van der Waals surface area (Å²) in [6.45, 7) is 2.40. The van der Waals surface area contributed by atoms with Gasteiger partial charge >= 0.3 is 0 Å². The van der Waals surface area contributed by atoms with Crippen LogP contribution in [-0.2, 0) is 14.3 Å². The van der Waals surface area contributed by atoms with Gasteiger partial charge in [0.15, 0.2) is 0 Å². The zero-order valence-corrected chi connectivity index (χ0v) is 8.84. The number of nitrogens with one attached hydrogen (secondary N) is 3. The summed E-state index contributed by atoms with van der Waals surface area (Å²) in [5.74, 6) is -0.222. The van der Waals surface area contributed by atoms with E-state index in [4.69, 9.17) is 4.74 Å². The Morgan fingerprint density at radius 2 is 2.13 bits per heavy atom. The van der Waals surface area contributed by atoms with E-state index in [0.29, 0.717) is 26.2 Å². The van der Waals surface area contributed by atoms with Crippen molar-refractivity contribution in [2.45, 2.75) is 0 Å². The van der Waals surface area contributed by atoms with Gasteiger partial charge in [-0.25, -0.2) is 0 Å². The molecule has 0 aromatic heterocycles. The maximum Gasteiger partial charge on any atom is 0.239 e. The zero-order valence-electron chi connectivity index (χ0n) is 8.84. The van der Waals surface area contributed by atoms with Crippen LogP contribution in [0.1, 0.15) is 0 Å². The van der Waals surface area contributed by atoms with Crippen LogP contribution in [-0.4, -0.2) is 51.7 Å². The Kier molecular flexibility index (Phi) is 5.06. The summed E-state index contributed by atoms with van der Waals surface area (Å²) >= 11 is 0. The molecule has 1 saturated heterocycles. The molecule has 0 atom stereocenters. The minimum Gasteiger partial charge on any atom is -0.383 e. The van der Waals surface area contributed by atoms with Crippen LogP contribution in [0.4, 0.5) is 0 Å². The number of ether oxygens (including phenoxy) is 1. The molecular weight excluding hydrogens is 198 g/mol. The summed E-state index contributed by atoms with van der Waals surface area (Å²) in [6, 6.07) is 0. The summed E-state index contributed by atoms with van der Waals surface area (Å²) in [4.78, 5) is 22.5. The van der Waals surface area contributed by atoms with Gasteiger partial charge in [0.05, 0.1) is 19.1 Å². The van der Waals surface area contributed by atoms with Crippen molar-refractivity contribution in [3.05, 3.63) is 0 Å². The van der Waals surface area contributed by atoms with Gasteiger partial charge in [-0.3, -0.25) is 9.59 Å². The molecule has 0 aromatic carbocycles. The molecule has 6 heteroatoms. The van der Waals surface area contributed by atoms with Gasteiger partial charge in [0.1, 0.15) is 0 Å². The molecular formula is C9H17N3O3. The van der Waals surface area contributed by atoms with E-state index < -0.39 is 0 Å². The number of carbonyl (C=O) groups excluding carboxylic acids is 2. The molecule has 1 rings (SSSR count). The van der Waals surface area contributed by atoms with E-state index in [1.807, 2.05) is 0 Å². The van der Waals surface area contributed by atoms with Crippen molar-refractivity contribution in [3.8, 4) is 0 Å². The van der Waals surface area contributed by atoms with E-state index in [1.54, 1.807) is 7.11 Å². The highest BCUT2D eigenvalue weighted by molar-refractivity contribution is 5.86. The van der Waals surface area contributed by atoms with Crippen molar-refractivity contribution >= 4 is 11.8 Å². The van der Waals surface area contributed by atoms with Crippen LogP contribution in [0.2, 0.25) is 0 Å². The third-order valence-corrected chi connectivity index (χ3v) is 2.20. The fourth-order valence-electron chi connectivity index (χ4n) is 1.14. The number of rotatable bonds is 6. The number of carbonyl (C=O) groups is 2. The molecule has 0 bridgehead atoms. The van der Waals surface area contributed by atoms with Crippen LogP contribution in [0.5, 0.6) is 0 Å². The fourth-order valence-corrected chi connectivity index (χ4v) is 1.14. The van der Waals surface area contributed by atoms with Gasteiger partial charge in [0, 0.05) is 26.7 Å². The quantitative estimate of drug-likeness (QED) is 0.451. The highest BCUT2D eigenvalue weighted by Crippen LogP contribution is 2.01. The zero-order chi connectivity index (χ0) is 11.1. The molecule has 0 aromatic rings. The van der Waals surface area contributed by atoms with Gasteiger partial charge in [-0.1, -0.05) is 0 Å². The second-order valence-electron chi connectivity index (χ2n) is 3.42. The Hall–Kier alpha value is -1.14. The van der Waals surface area contributed by atoms with Crippen molar-refractivity contribution in [2.24, 2.45) is 5.92 Å². The first-order chi connectivity index (χ1) is 7.24. The maximum atomic E-state index is 11.3. The van der Waals surface area contributed by atoms with Crippen LogP contribution in [0.25, 0.3) is 0 Å². The molecule has 1 heterocycles. The van der Waals surface area contributed by atoms with E-state index in [0.717, 1.165) is 0 Å². The summed E-state index contributed by atoms with van der Waals surface area (Å²) in [6.07, 6.45) is 0. The van der Waals surface area contributed by atoms with E-state index in [9.17, 15) is 9.59 Å². The van der Waals surface area contributed by atoms with Crippen molar-refractivity contribution in [2.75, 3.05) is 39.9 Å². The molecule has 0 aliphatic carbocycles. The lowest BCUT2D eigenvalue weighted by molar-refractivity contribution is -0.129. The normalized spacial score (nSPS) is 15.5. The number of methoxy groups -OCH3 is 1. The molecule has 1 aliphatic heterocycles. The fraction of sp³-hybridized carbons (Fsp3) is 0.778. The van der Waals surface area contributed by atoms with Gasteiger partial charge in [-0.2, -0.15) is 0 Å². The maximum absolute atomic E-state index is 11.3. The lowest BCUT2D eigenvalue weighted by atomic mass is 10.0. The standard InChI is InChI=1S/C9H17N3O3/c1-15-3-2-11-8(13)6-12-9(14)7-4-10-5-7/h7,10H,2-6H2,1H3,(H,11,13)(H,12,14). The van der Waals surface area contributed by atoms with Crippen molar-refractivity contribution < 1.29 is 14.3 Å². The van der Waals surface area contributed by atoms with E-state index in [1.165, 1.54) is 0 Å². The molecule has 0 saturated carbocycles. The number of hydrogen-bond acceptors (Lipinski definition) is 4. The van der Waals surface area contributed by atoms with Gasteiger partial charge in [0.2, 0.25) is 11.8 Å². The van der Waals surface area contributed by atoms with E-state index >= 15 is 0 Å². The Morgan fingerprint density at radius 3 is 2.67 bits per heavy atom. The highest BCUT2D eigenvalue weighted by Gasteiger charge is 2.24. The Bertz CT molecular complexity index is 229. The summed E-state index contributed by atoms with van der Waals surface area (Å²) in [5.41, 5.74) is 0. The molecule has 6 nitrogen and oxygen atoms in total. The Morgan fingerprint density at radius 1 is 1.40 bits per heavy atom. The van der Waals surface area contributed by atoms with Gasteiger partial charge in [-0.15, -0.1) is 0 Å². The van der Waals surface area contributed by atoms with Crippen LogP contribution >= 0.6 is 0 Å². The van der Waals surface area contributed by atoms with Crippen LogP contribution in [0, 0.1) is 5.92 Å². The second-order valence-corrected chi connectivity index (χ2v) is 3.42. The summed E-state index contributed by atoms with van der Waals surface area (Å²) < 4.78 is 4.77. The van der Waals surface area contributed by atoms with Crippen molar-refractivity contribution in [1.82, 2.24) is 16.0 Å². The van der Waals surface area contributed by atoms with Crippen LogP contribution in [0.15, 0.2) is 0 Å². The topological polar surface area (TPSA) is 79.5 Å². The SMILES string of the molecule is COCCNC(=O)CNC(=O)C1CNC1. The second kappa shape index (κ2) is 6.36. The third kappa shape index (κ3) is 4.26.